The van der Waals surface area contributed by atoms with Gasteiger partial charge in [-0.2, -0.15) is 0 Å². The Kier molecular flexibility index (Phi) is 7.47. The predicted molar refractivity (Wildman–Crippen MR) is 87.0 cm³/mol. The molecule has 0 aliphatic heterocycles. The zero-order valence-electron chi connectivity index (χ0n) is 14.0. The molecule has 130 valence electrons. The predicted octanol–water partition coefficient (Wildman–Crippen LogP) is 0.777. The number of benzene rings is 1. The van der Waals surface area contributed by atoms with E-state index in [-0.39, 0.29) is 17.4 Å². The Morgan fingerprint density at radius 1 is 1.30 bits per heavy atom. The minimum absolute atomic E-state index is 0.0881. The number of carbonyl (C=O) groups excluding carboxylic acids is 1. The van der Waals surface area contributed by atoms with Gasteiger partial charge in [-0.05, 0) is 37.1 Å². The molecule has 0 unspecified atom stereocenters. The molecular weight excluding hydrogens is 320 g/mol. The molecule has 0 radical (unpaired) electrons. The van der Waals surface area contributed by atoms with Gasteiger partial charge in [0.25, 0.3) is 5.91 Å². The number of amides is 1. The molecule has 1 N–H and O–H groups in total. The summed E-state index contributed by atoms with van der Waals surface area (Å²) >= 11 is 0. The lowest BCUT2D eigenvalue weighted by molar-refractivity contribution is -0.130. The van der Waals surface area contributed by atoms with Crippen molar-refractivity contribution in [2.75, 3.05) is 41.0 Å². The molecule has 1 amide bonds. The second kappa shape index (κ2) is 8.85. The summed E-state index contributed by atoms with van der Waals surface area (Å²) in [6, 6.07) is 4.54. The van der Waals surface area contributed by atoms with E-state index in [2.05, 4.69) is 4.72 Å². The van der Waals surface area contributed by atoms with Gasteiger partial charge in [-0.3, -0.25) is 4.79 Å². The number of aryl methyl sites for hydroxylation is 1. The van der Waals surface area contributed by atoms with E-state index in [1.807, 2.05) is 0 Å². The van der Waals surface area contributed by atoms with Crippen molar-refractivity contribution < 1.29 is 22.7 Å². The molecule has 0 atom stereocenters. The summed E-state index contributed by atoms with van der Waals surface area (Å²) in [5.41, 5.74) is 0.649. The first kappa shape index (κ1) is 19.4. The molecule has 0 spiro atoms. The second-order valence-corrected chi connectivity index (χ2v) is 7.02. The zero-order chi connectivity index (χ0) is 17.5. The van der Waals surface area contributed by atoms with Crippen LogP contribution in [0.4, 0.5) is 0 Å². The van der Waals surface area contributed by atoms with Crippen LogP contribution in [-0.2, 0) is 19.6 Å². The van der Waals surface area contributed by atoms with Crippen LogP contribution in [-0.4, -0.2) is 60.2 Å². The molecule has 7 nitrogen and oxygen atoms in total. The molecule has 0 aliphatic carbocycles. The van der Waals surface area contributed by atoms with Crippen LogP contribution in [0.2, 0.25) is 0 Å². The molecule has 0 saturated carbocycles. The number of likely N-dealkylation sites (N-methyl/N-ethyl adjacent to an activating group) is 1. The summed E-state index contributed by atoms with van der Waals surface area (Å²) in [7, 11) is 1.29. The van der Waals surface area contributed by atoms with E-state index in [0.717, 1.165) is 0 Å². The van der Waals surface area contributed by atoms with Crippen molar-refractivity contribution in [3.05, 3.63) is 23.8 Å². The van der Waals surface area contributed by atoms with Gasteiger partial charge in [-0.25, -0.2) is 13.1 Å². The zero-order valence-corrected chi connectivity index (χ0v) is 14.8. The molecule has 8 heteroatoms. The van der Waals surface area contributed by atoms with Crippen molar-refractivity contribution in [3.63, 3.8) is 0 Å². The highest BCUT2D eigenvalue weighted by atomic mass is 32.2. The lowest BCUT2D eigenvalue weighted by Gasteiger charge is -2.14. The fourth-order valence-electron chi connectivity index (χ4n) is 1.73. The van der Waals surface area contributed by atoms with Crippen LogP contribution in [0.1, 0.15) is 12.0 Å². The quantitative estimate of drug-likeness (QED) is 0.669. The van der Waals surface area contributed by atoms with Gasteiger partial charge < -0.3 is 14.4 Å². The molecule has 1 rings (SSSR count). The van der Waals surface area contributed by atoms with E-state index in [4.69, 9.17) is 9.47 Å². The molecule has 1 aromatic rings. The van der Waals surface area contributed by atoms with Crippen molar-refractivity contribution in [1.82, 2.24) is 9.62 Å². The number of methoxy groups -OCH3 is 1. The van der Waals surface area contributed by atoms with E-state index >= 15 is 0 Å². The number of rotatable bonds is 9. The van der Waals surface area contributed by atoms with Crippen LogP contribution in [0, 0.1) is 6.92 Å². The van der Waals surface area contributed by atoms with Gasteiger partial charge in [0.15, 0.2) is 6.61 Å². The average molecular weight is 344 g/mol. The topological polar surface area (TPSA) is 84.9 Å². The number of hydrogen-bond donors (Lipinski definition) is 1. The Bertz CT molecular complexity index is 629. The van der Waals surface area contributed by atoms with Crippen LogP contribution in [0.25, 0.3) is 0 Å². The minimum Gasteiger partial charge on any atom is -0.483 e. The van der Waals surface area contributed by atoms with Crippen LogP contribution < -0.4 is 9.46 Å². The lowest BCUT2D eigenvalue weighted by atomic mass is 10.2. The summed E-state index contributed by atoms with van der Waals surface area (Å²) in [6.45, 7) is 2.45. The third-order valence-corrected chi connectivity index (χ3v) is 4.58. The van der Waals surface area contributed by atoms with Gasteiger partial charge in [-0.1, -0.05) is 0 Å². The van der Waals surface area contributed by atoms with Crippen molar-refractivity contribution in [2.24, 2.45) is 0 Å². The minimum atomic E-state index is -3.56. The first-order valence-corrected chi connectivity index (χ1v) is 8.68. The third-order valence-electron chi connectivity index (χ3n) is 3.12. The number of hydrogen-bond acceptors (Lipinski definition) is 5. The van der Waals surface area contributed by atoms with Crippen molar-refractivity contribution in [2.45, 2.75) is 18.2 Å². The Balaban J connectivity index is 2.73. The number of carbonyl (C=O) groups is 1. The molecule has 23 heavy (non-hydrogen) atoms. The van der Waals surface area contributed by atoms with E-state index < -0.39 is 10.0 Å². The maximum Gasteiger partial charge on any atom is 0.259 e. The van der Waals surface area contributed by atoms with Gasteiger partial charge >= 0.3 is 0 Å². The summed E-state index contributed by atoms with van der Waals surface area (Å²) in [4.78, 5) is 13.1. The molecular formula is C15H24N2O5S. The maximum absolute atomic E-state index is 12.2. The molecule has 0 aromatic heterocycles. The normalized spacial score (nSPS) is 11.3. The van der Waals surface area contributed by atoms with E-state index in [9.17, 15) is 13.2 Å². The maximum atomic E-state index is 12.2. The molecule has 0 bridgehead atoms. The Morgan fingerprint density at radius 3 is 2.57 bits per heavy atom. The van der Waals surface area contributed by atoms with E-state index in [0.29, 0.717) is 30.9 Å². The van der Waals surface area contributed by atoms with Gasteiger partial charge in [0.1, 0.15) is 5.75 Å². The Morgan fingerprint density at radius 2 is 2.00 bits per heavy atom. The van der Waals surface area contributed by atoms with Gasteiger partial charge in [0, 0.05) is 34.4 Å². The second-order valence-electron chi connectivity index (χ2n) is 5.25. The standard InChI is InChI=1S/C15H24N2O5S/c1-12-10-13(23(19,20)16-8-5-9-21-4)6-7-14(12)22-11-15(18)17(2)3/h6-7,10,16H,5,8-9,11H2,1-4H3. The molecule has 0 saturated heterocycles. The number of ether oxygens (including phenoxy) is 2. The number of nitrogens with zero attached hydrogens (tertiary/aromatic N) is 1. The molecule has 1 aromatic carbocycles. The van der Waals surface area contributed by atoms with E-state index in [1.54, 1.807) is 34.2 Å². The summed E-state index contributed by atoms with van der Waals surface area (Å²) in [5, 5.41) is 0. The fourth-order valence-corrected chi connectivity index (χ4v) is 2.88. The molecule has 0 fully saturated rings. The summed E-state index contributed by atoms with van der Waals surface area (Å²) in [6.07, 6.45) is 0.600. The highest BCUT2D eigenvalue weighted by Crippen LogP contribution is 2.21. The van der Waals surface area contributed by atoms with E-state index in [1.165, 1.54) is 17.0 Å². The average Bonchev–Trinajstić information content (AvgIpc) is 2.49. The first-order chi connectivity index (χ1) is 10.8. The molecule has 0 aliphatic rings. The third kappa shape index (κ3) is 6.17. The SMILES string of the molecule is COCCCNS(=O)(=O)c1ccc(OCC(=O)N(C)C)c(C)c1. The lowest BCUT2D eigenvalue weighted by Crippen LogP contribution is -2.27. The van der Waals surface area contributed by atoms with Crippen molar-refractivity contribution >= 4 is 15.9 Å². The van der Waals surface area contributed by atoms with Gasteiger partial charge in [0.05, 0.1) is 4.90 Å². The Labute approximate surface area is 137 Å². The number of sulfonamides is 1. The van der Waals surface area contributed by atoms with Gasteiger partial charge in [-0.15, -0.1) is 0 Å². The first-order valence-electron chi connectivity index (χ1n) is 7.20. The van der Waals surface area contributed by atoms with Crippen molar-refractivity contribution in [1.29, 1.82) is 0 Å². The fraction of sp³-hybridized carbons (Fsp3) is 0.533. The Hall–Kier alpha value is -1.64. The van der Waals surface area contributed by atoms with Crippen LogP contribution in [0.5, 0.6) is 5.75 Å². The smallest absolute Gasteiger partial charge is 0.259 e. The van der Waals surface area contributed by atoms with Crippen LogP contribution >= 0.6 is 0 Å². The summed E-state index contributed by atoms with van der Waals surface area (Å²) < 4.78 is 37.1. The highest BCUT2D eigenvalue weighted by molar-refractivity contribution is 7.89. The van der Waals surface area contributed by atoms with Crippen LogP contribution in [0.3, 0.4) is 0 Å². The monoisotopic (exact) mass is 344 g/mol. The van der Waals surface area contributed by atoms with Crippen LogP contribution in [0.15, 0.2) is 23.1 Å². The molecule has 0 heterocycles. The summed E-state index contributed by atoms with van der Waals surface area (Å²) in [5.74, 6) is 0.319. The largest absolute Gasteiger partial charge is 0.483 e. The number of nitrogens with one attached hydrogen (secondary N) is 1. The van der Waals surface area contributed by atoms with Crippen molar-refractivity contribution in [3.8, 4) is 5.75 Å². The highest BCUT2D eigenvalue weighted by Gasteiger charge is 2.15. The van der Waals surface area contributed by atoms with Gasteiger partial charge in [0.2, 0.25) is 10.0 Å².